The SMILES string of the molecule is CCn1cncc1COc1ccc([C@H](C)N)cc1. The molecule has 0 saturated carbocycles. The third-order valence-electron chi connectivity index (χ3n) is 2.93. The summed E-state index contributed by atoms with van der Waals surface area (Å²) in [5, 5.41) is 0. The molecule has 1 heterocycles. The summed E-state index contributed by atoms with van der Waals surface area (Å²) in [6.45, 7) is 5.49. The first-order valence-electron chi connectivity index (χ1n) is 6.18. The van der Waals surface area contributed by atoms with Crippen LogP contribution >= 0.6 is 0 Å². The van der Waals surface area contributed by atoms with Crippen molar-refractivity contribution in [3.05, 3.63) is 48.0 Å². The van der Waals surface area contributed by atoms with Gasteiger partial charge in [0, 0.05) is 12.6 Å². The molecular formula is C14H19N3O. The molecule has 0 aliphatic carbocycles. The smallest absolute Gasteiger partial charge is 0.130 e. The second kappa shape index (κ2) is 5.69. The Hall–Kier alpha value is -1.81. The molecule has 1 aromatic carbocycles. The quantitative estimate of drug-likeness (QED) is 0.880. The van der Waals surface area contributed by atoms with Crippen molar-refractivity contribution in [2.45, 2.75) is 33.0 Å². The summed E-state index contributed by atoms with van der Waals surface area (Å²) < 4.78 is 7.79. The number of hydrogen-bond acceptors (Lipinski definition) is 3. The fraction of sp³-hybridized carbons (Fsp3) is 0.357. The lowest BCUT2D eigenvalue weighted by Crippen LogP contribution is -2.05. The number of aryl methyl sites for hydroxylation is 1. The van der Waals surface area contributed by atoms with Crippen molar-refractivity contribution < 1.29 is 4.74 Å². The van der Waals surface area contributed by atoms with Gasteiger partial charge in [-0.2, -0.15) is 0 Å². The van der Waals surface area contributed by atoms with Gasteiger partial charge in [0.25, 0.3) is 0 Å². The van der Waals surface area contributed by atoms with Gasteiger partial charge < -0.3 is 15.0 Å². The van der Waals surface area contributed by atoms with Crippen molar-refractivity contribution in [1.29, 1.82) is 0 Å². The summed E-state index contributed by atoms with van der Waals surface area (Å²) in [7, 11) is 0. The molecule has 96 valence electrons. The minimum atomic E-state index is 0.0561. The number of nitrogens with zero attached hydrogens (tertiary/aromatic N) is 2. The predicted molar refractivity (Wildman–Crippen MR) is 71.3 cm³/mol. The number of imidazole rings is 1. The van der Waals surface area contributed by atoms with Crippen LogP contribution in [0.5, 0.6) is 5.75 Å². The van der Waals surface area contributed by atoms with Crippen molar-refractivity contribution >= 4 is 0 Å². The minimum absolute atomic E-state index is 0.0561. The van der Waals surface area contributed by atoms with Crippen LogP contribution in [0.2, 0.25) is 0 Å². The van der Waals surface area contributed by atoms with Gasteiger partial charge in [0.1, 0.15) is 12.4 Å². The van der Waals surface area contributed by atoms with E-state index < -0.39 is 0 Å². The first-order valence-corrected chi connectivity index (χ1v) is 6.18. The molecule has 4 heteroatoms. The van der Waals surface area contributed by atoms with E-state index in [0.717, 1.165) is 23.6 Å². The molecule has 1 atom stereocenters. The van der Waals surface area contributed by atoms with E-state index in [4.69, 9.17) is 10.5 Å². The molecule has 0 aliphatic rings. The maximum absolute atomic E-state index is 5.80. The molecule has 2 N–H and O–H groups in total. The average Bonchev–Trinajstić information content (AvgIpc) is 2.84. The largest absolute Gasteiger partial charge is 0.487 e. The number of ether oxygens (including phenoxy) is 1. The second-order valence-electron chi connectivity index (χ2n) is 4.32. The van der Waals surface area contributed by atoms with Gasteiger partial charge in [-0.1, -0.05) is 12.1 Å². The molecule has 0 spiro atoms. The zero-order chi connectivity index (χ0) is 13.0. The maximum atomic E-state index is 5.80. The predicted octanol–water partition coefficient (Wildman–Crippen LogP) is 2.50. The van der Waals surface area contributed by atoms with E-state index in [1.807, 2.05) is 43.7 Å². The molecule has 0 fully saturated rings. The molecule has 0 radical (unpaired) electrons. The normalized spacial score (nSPS) is 12.4. The van der Waals surface area contributed by atoms with Crippen molar-refractivity contribution in [2.24, 2.45) is 5.73 Å². The molecular weight excluding hydrogens is 226 g/mol. The van der Waals surface area contributed by atoms with E-state index in [-0.39, 0.29) is 6.04 Å². The lowest BCUT2D eigenvalue weighted by Gasteiger charge is -2.10. The molecule has 0 bridgehead atoms. The Labute approximate surface area is 107 Å². The van der Waals surface area contributed by atoms with Gasteiger partial charge in [0.05, 0.1) is 18.2 Å². The van der Waals surface area contributed by atoms with Gasteiger partial charge in [-0.15, -0.1) is 0 Å². The molecule has 2 aromatic rings. The molecule has 0 aliphatic heterocycles. The zero-order valence-corrected chi connectivity index (χ0v) is 10.8. The highest BCUT2D eigenvalue weighted by molar-refractivity contribution is 5.28. The van der Waals surface area contributed by atoms with E-state index in [2.05, 4.69) is 16.5 Å². The Morgan fingerprint density at radius 3 is 2.67 bits per heavy atom. The highest BCUT2D eigenvalue weighted by atomic mass is 16.5. The topological polar surface area (TPSA) is 53.1 Å². The zero-order valence-electron chi connectivity index (χ0n) is 10.8. The molecule has 18 heavy (non-hydrogen) atoms. The van der Waals surface area contributed by atoms with Crippen molar-refractivity contribution in [3.8, 4) is 5.75 Å². The van der Waals surface area contributed by atoms with Crippen LogP contribution in [0.3, 0.4) is 0 Å². The van der Waals surface area contributed by atoms with Gasteiger partial charge >= 0.3 is 0 Å². The third-order valence-corrected chi connectivity index (χ3v) is 2.93. The summed E-state index contributed by atoms with van der Waals surface area (Å²) in [5.74, 6) is 0.850. The van der Waals surface area contributed by atoms with Crippen molar-refractivity contribution in [3.63, 3.8) is 0 Å². The Morgan fingerprint density at radius 2 is 2.06 bits per heavy atom. The maximum Gasteiger partial charge on any atom is 0.130 e. The fourth-order valence-corrected chi connectivity index (χ4v) is 1.78. The first-order chi connectivity index (χ1) is 8.70. The molecule has 0 saturated heterocycles. The van der Waals surface area contributed by atoms with Crippen molar-refractivity contribution in [1.82, 2.24) is 9.55 Å². The number of hydrogen-bond donors (Lipinski definition) is 1. The Bertz CT molecular complexity index is 488. The lowest BCUT2D eigenvalue weighted by molar-refractivity contribution is 0.295. The molecule has 1 aromatic heterocycles. The minimum Gasteiger partial charge on any atom is -0.487 e. The first kappa shape index (κ1) is 12.6. The Balaban J connectivity index is 1.98. The number of nitrogens with two attached hydrogens (primary N) is 1. The lowest BCUT2D eigenvalue weighted by atomic mass is 10.1. The summed E-state index contributed by atoms with van der Waals surface area (Å²) in [5.41, 5.74) is 7.99. The van der Waals surface area contributed by atoms with E-state index >= 15 is 0 Å². The monoisotopic (exact) mass is 245 g/mol. The van der Waals surface area contributed by atoms with Gasteiger partial charge in [-0.25, -0.2) is 4.98 Å². The summed E-state index contributed by atoms with van der Waals surface area (Å²) in [6.07, 6.45) is 3.65. The summed E-state index contributed by atoms with van der Waals surface area (Å²) in [6, 6.07) is 7.95. The van der Waals surface area contributed by atoms with Crippen LogP contribution in [0, 0.1) is 0 Å². The van der Waals surface area contributed by atoms with Crippen LogP contribution in [0.25, 0.3) is 0 Å². The van der Waals surface area contributed by atoms with Gasteiger partial charge in [0.2, 0.25) is 0 Å². The number of aromatic nitrogens is 2. The molecule has 2 rings (SSSR count). The van der Waals surface area contributed by atoms with Crippen LogP contribution in [0.1, 0.15) is 31.1 Å². The van der Waals surface area contributed by atoms with Gasteiger partial charge in [-0.3, -0.25) is 0 Å². The van der Waals surface area contributed by atoms with Crippen LogP contribution in [0.4, 0.5) is 0 Å². The summed E-state index contributed by atoms with van der Waals surface area (Å²) in [4.78, 5) is 4.11. The highest BCUT2D eigenvalue weighted by Crippen LogP contribution is 2.17. The van der Waals surface area contributed by atoms with Gasteiger partial charge in [0.15, 0.2) is 0 Å². The molecule has 4 nitrogen and oxygen atoms in total. The van der Waals surface area contributed by atoms with Gasteiger partial charge in [-0.05, 0) is 31.5 Å². The Kier molecular flexibility index (Phi) is 3.99. The Morgan fingerprint density at radius 1 is 1.33 bits per heavy atom. The van der Waals surface area contributed by atoms with E-state index in [0.29, 0.717) is 6.61 Å². The van der Waals surface area contributed by atoms with E-state index in [1.165, 1.54) is 0 Å². The van der Waals surface area contributed by atoms with Crippen LogP contribution < -0.4 is 10.5 Å². The fourth-order valence-electron chi connectivity index (χ4n) is 1.78. The third kappa shape index (κ3) is 2.90. The number of rotatable bonds is 5. The standard InChI is InChI=1S/C14H19N3O/c1-3-17-10-16-8-13(17)9-18-14-6-4-12(5-7-14)11(2)15/h4-8,10-11H,3,9,15H2,1-2H3/t11-/m0/s1. The van der Waals surface area contributed by atoms with Crippen LogP contribution in [-0.4, -0.2) is 9.55 Å². The molecule has 0 unspecified atom stereocenters. The van der Waals surface area contributed by atoms with Crippen LogP contribution in [-0.2, 0) is 13.2 Å². The average molecular weight is 245 g/mol. The van der Waals surface area contributed by atoms with E-state index in [1.54, 1.807) is 0 Å². The van der Waals surface area contributed by atoms with Crippen molar-refractivity contribution in [2.75, 3.05) is 0 Å². The summed E-state index contributed by atoms with van der Waals surface area (Å²) >= 11 is 0. The van der Waals surface area contributed by atoms with E-state index in [9.17, 15) is 0 Å². The highest BCUT2D eigenvalue weighted by Gasteiger charge is 2.03. The second-order valence-corrected chi connectivity index (χ2v) is 4.32. The number of benzene rings is 1. The molecule has 0 amide bonds. The van der Waals surface area contributed by atoms with Crippen LogP contribution in [0.15, 0.2) is 36.8 Å².